The fourth-order valence-electron chi connectivity index (χ4n) is 7.10. The van der Waals surface area contributed by atoms with Crippen molar-refractivity contribution in [2.45, 2.75) is 98.2 Å². The van der Waals surface area contributed by atoms with Crippen molar-refractivity contribution in [2.24, 2.45) is 0 Å². The Kier molecular flexibility index (Phi) is 22.4. The summed E-state index contributed by atoms with van der Waals surface area (Å²) in [6, 6.07) is 21.0. The Morgan fingerprint density at radius 3 is 1.29 bits per heavy atom. The van der Waals surface area contributed by atoms with Crippen molar-refractivity contribution in [1.29, 1.82) is 0 Å². The number of carbonyl (C=O) groups excluding carboxylic acids is 4. The molecule has 0 spiro atoms. The number of nitrogens with zero attached hydrogens (tertiary/aromatic N) is 6. The number of hydrogen-bond acceptors (Lipinski definition) is 12. The van der Waals surface area contributed by atoms with E-state index in [2.05, 4.69) is 77.1 Å². The van der Waals surface area contributed by atoms with Crippen LogP contribution in [0, 0.1) is 0 Å². The molecule has 0 amide bonds. The lowest BCUT2D eigenvalue weighted by molar-refractivity contribution is 0.0592. The highest BCUT2D eigenvalue weighted by Gasteiger charge is 2.22. The number of aromatic carboxylic acids is 2. The predicted octanol–water partition coefficient (Wildman–Crippen LogP) is 9.92. The lowest BCUT2D eigenvalue weighted by Gasteiger charge is -2.10. The number of aromatic nitrogens is 6. The van der Waals surface area contributed by atoms with Crippen molar-refractivity contribution < 1.29 is 53.2 Å². The van der Waals surface area contributed by atoms with Crippen LogP contribution in [-0.4, -0.2) is 96.3 Å². The van der Waals surface area contributed by atoms with E-state index in [1.807, 2.05) is 16.7 Å². The molecule has 0 aliphatic rings. The molecular weight excluding hydrogens is 1030 g/mol. The molecule has 0 bridgehead atoms. The van der Waals surface area contributed by atoms with Gasteiger partial charge in [0.15, 0.2) is 12.0 Å². The molecule has 372 valence electrons. The Labute approximate surface area is 423 Å². The van der Waals surface area contributed by atoms with E-state index in [1.165, 1.54) is 27.5 Å². The van der Waals surface area contributed by atoms with E-state index in [9.17, 15) is 39.0 Å². The summed E-state index contributed by atoms with van der Waals surface area (Å²) in [5.41, 5.74) is 5.04. The maximum atomic E-state index is 11.6. The summed E-state index contributed by atoms with van der Waals surface area (Å²) < 4.78 is 20.3. The first-order valence-electron chi connectivity index (χ1n) is 22.6. The summed E-state index contributed by atoms with van der Waals surface area (Å²) in [7, 11) is 4.02. The maximum Gasteiger partial charge on any atom is 0.355 e. The molecule has 17 nitrogen and oxygen atoms in total. The van der Waals surface area contributed by atoms with Gasteiger partial charge in [-0.05, 0) is 104 Å². The van der Waals surface area contributed by atoms with E-state index in [0.29, 0.717) is 57.6 Å². The number of unbranched alkanes of at least 4 members (excludes halogenated alkanes) is 3. The van der Waals surface area contributed by atoms with Gasteiger partial charge in [-0.3, -0.25) is 4.79 Å². The Bertz CT molecular complexity index is 2710. The number of hydrogen-bond donors (Lipinski definition) is 2. The predicted molar refractivity (Wildman–Crippen MR) is 268 cm³/mol. The third-order valence-corrected chi connectivity index (χ3v) is 12.1. The molecule has 19 heteroatoms. The number of carbonyl (C=O) groups is 6. The smallest absolute Gasteiger partial charge is 0.355 e. The van der Waals surface area contributed by atoms with Crippen molar-refractivity contribution in [3.05, 3.63) is 156 Å². The quantitative estimate of drug-likeness (QED) is 0.0389. The zero-order valence-corrected chi connectivity index (χ0v) is 43.2. The SMILES string of the molecule is CCCCc1nc(Br)c(C(=O)O)n1Cc1ccc(C(=O)OC)cc1.CCCCc1nc(Br)c(C=O)n1Cc1ccc(C(=O)OC)cc1.CCCCc1ncc(C(=O)O)n1Cc1ccc(C(=O)OC)cc1. The van der Waals surface area contributed by atoms with Gasteiger partial charge in [0.05, 0.1) is 44.2 Å². The molecule has 6 rings (SSSR count). The Morgan fingerprint density at radius 1 is 0.543 bits per heavy atom. The minimum absolute atomic E-state index is 0.137. The highest BCUT2D eigenvalue weighted by molar-refractivity contribution is 9.10. The zero-order valence-electron chi connectivity index (χ0n) is 40.1. The summed E-state index contributed by atoms with van der Waals surface area (Å²) in [5, 5.41) is 18.8. The van der Waals surface area contributed by atoms with Crippen molar-refractivity contribution in [2.75, 3.05) is 21.3 Å². The third-order valence-electron chi connectivity index (χ3n) is 10.9. The second-order valence-electron chi connectivity index (χ2n) is 15.8. The maximum absolute atomic E-state index is 11.6. The van der Waals surface area contributed by atoms with Gasteiger partial charge >= 0.3 is 29.8 Å². The number of imidazole rings is 3. The first kappa shape index (κ1) is 55.9. The van der Waals surface area contributed by atoms with Crippen LogP contribution >= 0.6 is 31.9 Å². The average Bonchev–Trinajstić information content (AvgIpc) is 4.02. The summed E-state index contributed by atoms with van der Waals surface area (Å²) in [4.78, 5) is 81.7. The molecular formula is C51H58Br2N6O11. The number of ether oxygens (including phenoxy) is 3. The van der Waals surface area contributed by atoms with E-state index in [4.69, 9.17) is 4.74 Å². The fraction of sp³-hybridized carbons (Fsp3) is 0.353. The van der Waals surface area contributed by atoms with E-state index in [0.717, 1.165) is 91.8 Å². The molecule has 0 aliphatic carbocycles. The minimum atomic E-state index is -1.02. The lowest BCUT2D eigenvalue weighted by atomic mass is 10.1. The monoisotopic (exact) mass is 1090 g/mol. The van der Waals surface area contributed by atoms with E-state index < -0.39 is 23.9 Å². The van der Waals surface area contributed by atoms with Gasteiger partial charge in [-0.1, -0.05) is 76.4 Å². The van der Waals surface area contributed by atoms with Crippen LogP contribution in [0.3, 0.4) is 0 Å². The van der Waals surface area contributed by atoms with Crippen LogP contribution in [0.2, 0.25) is 0 Å². The largest absolute Gasteiger partial charge is 0.477 e. The van der Waals surface area contributed by atoms with Gasteiger partial charge in [-0.2, -0.15) is 0 Å². The minimum Gasteiger partial charge on any atom is -0.477 e. The Morgan fingerprint density at radius 2 is 0.914 bits per heavy atom. The number of carboxylic acid groups (broad SMARTS) is 2. The topological polar surface area (TPSA) is 224 Å². The standard InChI is InChI=1S/C17H19BrN2O4.C17H19BrN2O3.C17H20N2O4/c1-3-4-5-13-19-15(18)14(16(21)22)20(13)10-11-6-8-12(9-7-11)17(23)24-2;1-3-4-5-15-19-16(18)14(11-21)20(15)10-12-6-8-13(9-7-12)17(22)23-2;1-3-4-5-15-18-10-14(16(20)21)19(15)11-12-6-8-13(9-7-12)17(22)23-2/h6-9H,3-5,10H2,1-2H3,(H,21,22);6-9,11H,3-5,10H2,1-2H3;6-10H,3-5,11H2,1-2H3,(H,20,21). The van der Waals surface area contributed by atoms with Crippen molar-refractivity contribution in [1.82, 2.24) is 28.7 Å². The number of aldehydes is 1. The van der Waals surface area contributed by atoms with Crippen LogP contribution in [-0.2, 0) is 53.1 Å². The number of carboxylic acids is 2. The molecule has 0 fully saturated rings. The first-order chi connectivity index (χ1) is 33.6. The third kappa shape index (κ3) is 15.4. The molecule has 0 saturated heterocycles. The zero-order chi connectivity index (χ0) is 51.3. The number of benzene rings is 3. The number of halogens is 2. The van der Waals surface area contributed by atoms with Gasteiger partial charge in [0.1, 0.15) is 38.1 Å². The van der Waals surface area contributed by atoms with Crippen LogP contribution in [0.5, 0.6) is 0 Å². The molecule has 0 unspecified atom stereocenters. The van der Waals surface area contributed by atoms with Gasteiger partial charge in [0.2, 0.25) is 0 Å². The normalized spacial score (nSPS) is 10.6. The molecule has 3 heterocycles. The molecule has 6 aromatic rings. The Balaban J connectivity index is 0.000000228. The molecule has 0 radical (unpaired) electrons. The lowest BCUT2D eigenvalue weighted by Crippen LogP contribution is -2.13. The van der Waals surface area contributed by atoms with Gasteiger partial charge < -0.3 is 38.1 Å². The number of methoxy groups -OCH3 is 3. The highest BCUT2D eigenvalue weighted by Crippen LogP contribution is 2.23. The van der Waals surface area contributed by atoms with Crippen LogP contribution in [0.25, 0.3) is 0 Å². The van der Waals surface area contributed by atoms with Gasteiger partial charge in [-0.15, -0.1) is 0 Å². The van der Waals surface area contributed by atoms with Crippen LogP contribution in [0.4, 0.5) is 0 Å². The van der Waals surface area contributed by atoms with E-state index >= 15 is 0 Å². The average molecular weight is 1090 g/mol. The van der Waals surface area contributed by atoms with E-state index in [-0.39, 0.29) is 17.4 Å². The second kappa shape index (κ2) is 28.1. The number of esters is 3. The van der Waals surface area contributed by atoms with Crippen LogP contribution in [0.1, 0.15) is 156 Å². The molecule has 3 aromatic carbocycles. The molecule has 0 aliphatic heterocycles. The van der Waals surface area contributed by atoms with Crippen molar-refractivity contribution in [3.8, 4) is 0 Å². The number of rotatable bonds is 21. The molecule has 70 heavy (non-hydrogen) atoms. The van der Waals surface area contributed by atoms with Gasteiger partial charge in [-0.25, -0.2) is 38.9 Å². The summed E-state index contributed by atoms with van der Waals surface area (Å²) >= 11 is 6.59. The van der Waals surface area contributed by atoms with Gasteiger partial charge in [0.25, 0.3) is 0 Å². The summed E-state index contributed by atoms with van der Waals surface area (Å²) in [5.74, 6) is -0.790. The summed E-state index contributed by atoms with van der Waals surface area (Å²) in [6.45, 7) is 7.59. The van der Waals surface area contributed by atoms with Crippen molar-refractivity contribution in [3.63, 3.8) is 0 Å². The Hall–Kier alpha value is -6.73. The van der Waals surface area contributed by atoms with Crippen LogP contribution < -0.4 is 0 Å². The first-order valence-corrected chi connectivity index (χ1v) is 24.2. The van der Waals surface area contributed by atoms with Gasteiger partial charge in [0, 0.05) is 38.9 Å². The van der Waals surface area contributed by atoms with Crippen LogP contribution in [0.15, 0.2) is 88.2 Å². The van der Waals surface area contributed by atoms with Crippen molar-refractivity contribution >= 4 is 68.0 Å². The molecule has 2 N–H and O–H groups in total. The highest BCUT2D eigenvalue weighted by atomic mass is 79.9. The van der Waals surface area contributed by atoms with E-state index in [1.54, 1.807) is 69.8 Å². The second-order valence-corrected chi connectivity index (χ2v) is 17.3. The fourth-order valence-corrected chi connectivity index (χ4v) is 8.20. The molecule has 3 aromatic heterocycles. The summed E-state index contributed by atoms with van der Waals surface area (Å²) in [6.07, 6.45) is 10.5. The number of aryl methyl sites for hydroxylation is 3. The molecule has 0 saturated carbocycles. The molecule has 0 atom stereocenters.